The number of benzene rings is 2. The van der Waals surface area contributed by atoms with E-state index in [9.17, 15) is 13.2 Å². The molecule has 7 nitrogen and oxygen atoms in total. The van der Waals surface area contributed by atoms with Crippen molar-refractivity contribution in [1.29, 1.82) is 0 Å². The molecule has 2 atom stereocenters. The summed E-state index contributed by atoms with van der Waals surface area (Å²) in [5, 5.41) is 1.18. The molecule has 1 amide bonds. The molecule has 0 spiro atoms. The van der Waals surface area contributed by atoms with Crippen molar-refractivity contribution in [2.75, 3.05) is 21.2 Å². The number of carbonyl (C=O) groups is 1. The summed E-state index contributed by atoms with van der Waals surface area (Å²) in [7, 11) is 0.658. The molecule has 1 unspecified atom stereocenters. The molecule has 0 saturated heterocycles. The first-order valence-corrected chi connectivity index (χ1v) is 14.3. The molecule has 1 N–H and O–H groups in total. The Morgan fingerprint density at radius 2 is 1.86 bits per heavy atom. The van der Waals surface area contributed by atoms with Crippen LogP contribution in [0, 0.1) is 5.92 Å². The van der Waals surface area contributed by atoms with E-state index in [1.165, 1.54) is 74.0 Å². The van der Waals surface area contributed by atoms with E-state index >= 15 is 0 Å². The zero-order valence-corrected chi connectivity index (χ0v) is 21.9. The van der Waals surface area contributed by atoms with E-state index in [1.807, 2.05) is 12.1 Å². The zero-order valence-electron chi connectivity index (χ0n) is 21.1. The molecule has 6 rings (SSSR count). The SMILES string of the molecule is COc1ccc2c(c1)[C@@H]1CC1Cn1c-2c(C2CCCCC2)c2ccc(C(=O)NS(=O)(=O)N(C)C)cc21. The van der Waals surface area contributed by atoms with Gasteiger partial charge in [-0.2, -0.15) is 12.7 Å². The molecule has 0 bridgehead atoms. The maximum Gasteiger partial charge on any atom is 0.303 e. The van der Waals surface area contributed by atoms with Crippen molar-refractivity contribution in [3.05, 3.63) is 53.1 Å². The number of hydrogen-bond donors (Lipinski definition) is 1. The van der Waals surface area contributed by atoms with Crippen LogP contribution in [0.25, 0.3) is 22.2 Å². The molecular weight excluding hydrogens is 474 g/mol. The van der Waals surface area contributed by atoms with Gasteiger partial charge >= 0.3 is 10.2 Å². The van der Waals surface area contributed by atoms with Gasteiger partial charge in [0, 0.05) is 42.7 Å². The topological polar surface area (TPSA) is 80.6 Å². The average Bonchev–Trinajstić information content (AvgIpc) is 3.59. The summed E-state index contributed by atoms with van der Waals surface area (Å²) in [5.41, 5.74) is 6.70. The maximum atomic E-state index is 13.0. The van der Waals surface area contributed by atoms with E-state index in [0.29, 0.717) is 23.3 Å². The fourth-order valence-electron chi connectivity index (χ4n) is 6.32. The van der Waals surface area contributed by atoms with Gasteiger partial charge in [0.25, 0.3) is 5.91 Å². The summed E-state index contributed by atoms with van der Waals surface area (Å²) in [5.74, 6) is 1.85. The van der Waals surface area contributed by atoms with Crippen LogP contribution in [0.2, 0.25) is 0 Å². The summed E-state index contributed by atoms with van der Waals surface area (Å²) in [6, 6.07) is 12.2. The van der Waals surface area contributed by atoms with Crippen molar-refractivity contribution in [1.82, 2.24) is 13.6 Å². The molecule has 1 aromatic heterocycles. The molecule has 2 fully saturated rings. The first kappa shape index (κ1) is 23.6. The van der Waals surface area contributed by atoms with Gasteiger partial charge in [0.1, 0.15) is 5.75 Å². The molecule has 3 aliphatic rings. The number of carbonyl (C=O) groups excluding carboxylic acids is 1. The zero-order chi connectivity index (χ0) is 25.2. The van der Waals surface area contributed by atoms with Crippen molar-refractivity contribution < 1.29 is 17.9 Å². The highest BCUT2D eigenvalue weighted by Crippen LogP contribution is 2.57. The molecule has 2 aromatic carbocycles. The average molecular weight is 508 g/mol. The van der Waals surface area contributed by atoms with Gasteiger partial charge in [0.2, 0.25) is 0 Å². The summed E-state index contributed by atoms with van der Waals surface area (Å²) in [6.07, 6.45) is 7.26. The molecular formula is C28H33N3O4S. The standard InChI is InChI=1S/C28H33N3O4S/c1-30(2)36(33,34)29-28(32)18-9-11-22-25(14-18)31-16-19-13-23(19)24-15-20(35-3)10-12-21(24)27(31)26(22)17-7-5-4-6-8-17/h9-12,14-15,17,19,23H,4-8,13,16H2,1-3H3,(H,29,32)/t19?,23-/m1/s1. The van der Waals surface area contributed by atoms with Gasteiger partial charge in [-0.15, -0.1) is 0 Å². The van der Waals surface area contributed by atoms with Crippen LogP contribution in [-0.2, 0) is 16.8 Å². The molecule has 2 aliphatic carbocycles. The lowest BCUT2D eigenvalue weighted by molar-refractivity contribution is 0.0980. The third kappa shape index (κ3) is 3.82. The minimum atomic E-state index is -3.87. The third-order valence-electron chi connectivity index (χ3n) is 8.33. The first-order valence-electron chi connectivity index (χ1n) is 12.9. The Kier molecular flexibility index (Phi) is 5.64. The van der Waals surface area contributed by atoms with Gasteiger partial charge in [0.15, 0.2) is 0 Å². The number of amides is 1. The number of aromatic nitrogens is 1. The Bertz CT molecular complexity index is 1470. The second-order valence-corrected chi connectivity index (χ2v) is 12.6. The van der Waals surface area contributed by atoms with Crippen LogP contribution in [0.5, 0.6) is 5.75 Å². The van der Waals surface area contributed by atoms with Crippen molar-refractivity contribution >= 4 is 27.0 Å². The predicted octanol–water partition coefficient (Wildman–Crippen LogP) is 5.02. The highest BCUT2D eigenvalue weighted by molar-refractivity contribution is 7.87. The Balaban J connectivity index is 1.55. The van der Waals surface area contributed by atoms with Gasteiger partial charge in [-0.25, -0.2) is 4.72 Å². The quantitative estimate of drug-likeness (QED) is 0.526. The van der Waals surface area contributed by atoms with Crippen LogP contribution in [0.4, 0.5) is 0 Å². The minimum Gasteiger partial charge on any atom is -0.497 e. The monoisotopic (exact) mass is 507 g/mol. The molecule has 8 heteroatoms. The largest absolute Gasteiger partial charge is 0.497 e. The lowest BCUT2D eigenvalue weighted by Crippen LogP contribution is -2.39. The van der Waals surface area contributed by atoms with E-state index < -0.39 is 16.1 Å². The number of hydrogen-bond acceptors (Lipinski definition) is 4. The van der Waals surface area contributed by atoms with Gasteiger partial charge in [-0.1, -0.05) is 25.3 Å². The van der Waals surface area contributed by atoms with Crippen LogP contribution in [0.3, 0.4) is 0 Å². The van der Waals surface area contributed by atoms with Crippen molar-refractivity contribution in [2.45, 2.75) is 56.9 Å². The van der Waals surface area contributed by atoms with Crippen molar-refractivity contribution in [2.24, 2.45) is 5.92 Å². The van der Waals surface area contributed by atoms with Crippen LogP contribution in [-0.4, -0.2) is 44.4 Å². The van der Waals surface area contributed by atoms with Crippen LogP contribution in [0.15, 0.2) is 36.4 Å². The number of ether oxygens (including phenoxy) is 1. The molecule has 0 radical (unpaired) electrons. The van der Waals surface area contributed by atoms with Crippen molar-refractivity contribution in [3.63, 3.8) is 0 Å². The maximum absolute atomic E-state index is 13.0. The molecule has 3 aromatic rings. The van der Waals surface area contributed by atoms with Crippen molar-refractivity contribution in [3.8, 4) is 17.0 Å². The molecule has 36 heavy (non-hydrogen) atoms. The van der Waals surface area contributed by atoms with E-state index in [1.54, 1.807) is 13.2 Å². The minimum absolute atomic E-state index is 0.356. The Morgan fingerprint density at radius 3 is 2.58 bits per heavy atom. The number of rotatable bonds is 5. The number of nitrogens with zero attached hydrogens (tertiary/aromatic N) is 2. The second-order valence-electron chi connectivity index (χ2n) is 10.7. The number of methoxy groups -OCH3 is 1. The second kappa shape index (κ2) is 8.63. The smallest absolute Gasteiger partial charge is 0.303 e. The Hall–Kier alpha value is -2.84. The summed E-state index contributed by atoms with van der Waals surface area (Å²) in [6.45, 7) is 0.904. The molecule has 1 aliphatic heterocycles. The molecule has 190 valence electrons. The summed E-state index contributed by atoms with van der Waals surface area (Å²) in [4.78, 5) is 13.0. The predicted molar refractivity (Wildman–Crippen MR) is 141 cm³/mol. The highest BCUT2D eigenvalue weighted by Gasteiger charge is 2.44. The molecule has 2 heterocycles. The summed E-state index contributed by atoms with van der Waals surface area (Å²) >= 11 is 0. The van der Waals surface area contributed by atoms with Crippen LogP contribution < -0.4 is 9.46 Å². The summed E-state index contributed by atoms with van der Waals surface area (Å²) < 4.78 is 35.7. The third-order valence-corrected chi connectivity index (χ3v) is 9.74. The lowest BCUT2D eigenvalue weighted by atomic mass is 9.81. The Labute approximate surface area is 212 Å². The van der Waals surface area contributed by atoms with E-state index in [-0.39, 0.29) is 0 Å². The molecule has 2 saturated carbocycles. The van der Waals surface area contributed by atoms with Crippen LogP contribution in [0.1, 0.15) is 71.8 Å². The van der Waals surface area contributed by atoms with E-state index in [4.69, 9.17) is 4.74 Å². The normalized spacial score (nSPS) is 21.4. The lowest BCUT2D eigenvalue weighted by Gasteiger charge is -2.24. The van der Waals surface area contributed by atoms with Gasteiger partial charge in [0.05, 0.1) is 12.8 Å². The fourth-order valence-corrected chi connectivity index (χ4v) is 6.86. The highest BCUT2D eigenvalue weighted by atomic mass is 32.2. The van der Waals surface area contributed by atoms with Gasteiger partial charge < -0.3 is 9.30 Å². The number of nitrogens with one attached hydrogen (secondary N) is 1. The van der Waals surface area contributed by atoms with E-state index in [0.717, 1.165) is 28.5 Å². The van der Waals surface area contributed by atoms with Crippen LogP contribution >= 0.6 is 0 Å². The fraction of sp³-hybridized carbons (Fsp3) is 0.464. The van der Waals surface area contributed by atoms with E-state index in [2.05, 4.69) is 27.5 Å². The van der Waals surface area contributed by atoms with Gasteiger partial charge in [-0.05, 0) is 78.5 Å². The Morgan fingerprint density at radius 1 is 1.08 bits per heavy atom. The number of fused-ring (bicyclic) bond motifs is 7. The first-order chi connectivity index (χ1) is 17.3. The van der Waals surface area contributed by atoms with Gasteiger partial charge in [-0.3, -0.25) is 4.79 Å².